The topological polar surface area (TPSA) is 88.7 Å². The summed E-state index contributed by atoms with van der Waals surface area (Å²) < 4.78 is 37.8. The van der Waals surface area contributed by atoms with E-state index in [2.05, 4.69) is 22.5 Å². The van der Waals surface area contributed by atoms with E-state index in [-0.39, 0.29) is 50.5 Å². The number of hydrogen-bond donors (Lipinski definition) is 3. The van der Waals surface area contributed by atoms with Gasteiger partial charge < -0.3 is 20.1 Å². The molecule has 1 saturated heterocycles. The first-order valence-corrected chi connectivity index (χ1v) is 10.3. The van der Waals surface area contributed by atoms with Crippen molar-refractivity contribution < 1.29 is 27.8 Å². The molecule has 1 aliphatic heterocycles. The Labute approximate surface area is 174 Å². The maximum atomic E-state index is 13.6. The summed E-state index contributed by atoms with van der Waals surface area (Å²) >= 11 is 5.83. The molecule has 6 atom stereocenters. The highest BCUT2D eigenvalue weighted by Crippen LogP contribution is 2.27. The molecular formula is C19H30ClF2N3O4. The van der Waals surface area contributed by atoms with Crippen LogP contribution in [0.2, 0.25) is 0 Å². The molecule has 7 nitrogen and oxygen atoms in total. The van der Waals surface area contributed by atoms with Crippen LogP contribution in [0, 0.1) is 5.92 Å². The van der Waals surface area contributed by atoms with Gasteiger partial charge in [0, 0.05) is 38.7 Å². The molecule has 10 heteroatoms. The van der Waals surface area contributed by atoms with Gasteiger partial charge in [-0.1, -0.05) is 6.58 Å². The number of carbonyl (C=O) groups is 2. The van der Waals surface area contributed by atoms with Gasteiger partial charge in [-0.2, -0.15) is 0 Å². The highest BCUT2D eigenvalue weighted by atomic mass is 35.5. The summed E-state index contributed by atoms with van der Waals surface area (Å²) in [6, 6.07) is 0. The summed E-state index contributed by atoms with van der Waals surface area (Å²) in [6.07, 6.45) is -1.35. The number of alkyl halides is 3. The number of hydrogen-bond acceptors (Lipinski definition) is 5. The van der Waals surface area contributed by atoms with Crippen LogP contribution in [0.15, 0.2) is 12.3 Å². The summed E-state index contributed by atoms with van der Waals surface area (Å²) in [5.41, 5.74) is 0.410. The summed E-state index contributed by atoms with van der Waals surface area (Å²) in [5, 5.41) is 7.66. The Hall–Kier alpha value is -1.29. The number of amides is 2. The molecule has 2 fully saturated rings. The zero-order chi connectivity index (χ0) is 21.4. The van der Waals surface area contributed by atoms with Crippen LogP contribution in [0.5, 0.6) is 0 Å². The number of nitrogens with one attached hydrogen (secondary N) is 3. The van der Waals surface area contributed by atoms with Crippen molar-refractivity contribution in [3.63, 3.8) is 0 Å². The second-order valence-electron chi connectivity index (χ2n) is 7.47. The number of methoxy groups -OCH3 is 1. The molecule has 3 N–H and O–H groups in total. The highest BCUT2D eigenvalue weighted by molar-refractivity contribution is 6.21. The molecule has 0 radical (unpaired) electrons. The first kappa shape index (κ1) is 24.0. The van der Waals surface area contributed by atoms with Crippen LogP contribution in [-0.4, -0.2) is 68.7 Å². The Kier molecular flexibility index (Phi) is 9.74. The predicted octanol–water partition coefficient (Wildman–Crippen LogP) is 1.56. The van der Waals surface area contributed by atoms with Crippen LogP contribution in [0.25, 0.3) is 0 Å². The van der Waals surface area contributed by atoms with E-state index in [0.717, 1.165) is 0 Å². The minimum Gasteiger partial charge on any atom is -0.368 e. The Bertz CT molecular complexity index is 584. The number of ether oxygens (including phenoxy) is 2. The van der Waals surface area contributed by atoms with Gasteiger partial charge in [0.1, 0.15) is 25.2 Å². The van der Waals surface area contributed by atoms with Gasteiger partial charge in [-0.25, -0.2) is 8.78 Å². The van der Waals surface area contributed by atoms with Crippen LogP contribution in [0.4, 0.5) is 8.78 Å². The lowest BCUT2D eigenvalue weighted by atomic mass is 9.95. The second-order valence-corrected chi connectivity index (χ2v) is 8.04. The molecular weight excluding hydrogens is 408 g/mol. The van der Waals surface area contributed by atoms with Crippen molar-refractivity contribution in [2.45, 2.75) is 62.2 Å². The molecule has 1 aliphatic carbocycles. The van der Waals surface area contributed by atoms with Gasteiger partial charge in [-0.15, -0.1) is 11.6 Å². The molecule has 29 heavy (non-hydrogen) atoms. The van der Waals surface area contributed by atoms with E-state index < -0.39 is 29.9 Å². The summed E-state index contributed by atoms with van der Waals surface area (Å²) in [4.78, 5) is 24.2. The van der Waals surface area contributed by atoms with Gasteiger partial charge in [-0.3, -0.25) is 14.9 Å². The standard InChI is InChI=1S/C19H30ClF2N3O4/c1-11(25-18(27)14-7-12(21)9-24-19(14)28-2)5-6-23-17(26)10-29-13-3-4-15(20)16(22)8-13/h12-16,19,24H,1,3-10H2,2H3,(H,23,26)(H,25,27). The lowest BCUT2D eigenvalue weighted by Crippen LogP contribution is -2.52. The van der Waals surface area contributed by atoms with Crippen molar-refractivity contribution in [1.29, 1.82) is 0 Å². The lowest BCUT2D eigenvalue weighted by Gasteiger charge is -2.32. The number of rotatable bonds is 9. The molecule has 6 unspecified atom stereocenters. The molecule has 2 amide bonds. The van der Waals surface area contributed by atoms with E-state index in [1.165, 1.54) is 7.11 Å². The largest absolute Gasteiger partial charge is 0.368 e. The summed E-state index contributed by atoms with van der Waals surface area (Å²) in [7, 11) is 1.46. The molecule has 0 aromatic carbocycles. The van der Waals surface area contributed by atoms with Gasteiger partial charge in [0.2, 0.25) is 11.8 Å². The van der Waals surface area contributed by atoms with Gasteiger partial charge >= 0.3 is 0 Å². The van der Waals surface area contributed by atoms with E-state index in [4.69, 9.17) is 21.1 Å². The molecule has 1 saturated carbocycles. The van der Waals surface area contributed by atoms with E-state index in [1.54, 1.807) is 0 Å². The van der Waals surface area contributed by atoms with E-state index in [0.29, 0.717) is 25.0 Å². The average molecular weight is 438 g/mol. The Morgan fingerprint density at radius 3 is 2.72 bits per heavy atom. The maximum absolute atomic E-state index is 13.6. The van der Waals surface area contributed by atoms with Crippen molar-refractivity contribution >= 4 is 23.4 Å². The van der Waals surface area contributed by atoms with E-state index >= 15 is 0 Å². The van der Waals surface area contributed by atoms with Crippen molar-refractivity contribution in [1.82, 2.24) is 16.0 Å². The number of piperidine rings is 1. The second kappa shape index (κ2) is 11.8. The zero-order valence-corrected chi connectivity index (χ0v) is 17.4. The molecule has 1 heterocycles. The molecule has 166 valence electrons. The summed E-state index contributed by atoms with van der Waals surface area (Å²) in [5.74, 6) is -1.36. The fourth-order valence-corrected chi connectivity index (χ4v) is 3.71. The first-order chi connectivity index (χ1) is 13.8. The minimum absolute atomic E-state index is 0.0735. The van der Waals surface area contributed by atoms with Crippen molar-refractivity contribution in [2.24, 2.45) is 5.92 Å². The fraction of sp³-hybridized carbons (Fsp3) is 0.789. The Morgan fingerprint density at radius 2 is 2.03 bits per heavy atom. The van der Waals surface area contributed by atoms with Crippen LogP contribution in [-0.2, 0) is 19.1 Å². The van der Waals surface area contributed by atoms with Crippen molar-refractivity contribution in [2.75, 3.05) is 26.8 Å². The predicted molar refractivity (Wildman–Crippen MR) is 105 cm³/mol. The number of carbonyl (C=O) groups excluding carboxylic acids is 2. The average Bonchev–Trinajstić information content (AvgIpc) is 2.68. The van der Waals surface area contributed by atoms with E-state index in [1.807, 2.05) is 0 Å². The fourth-order valence-electron chi connectivity index (χ4n) is 3.48. The zero-order valence-electron chi connectivity index (χ0n) is 16.6. The van der Waals surface area contributed by atoms with Crippen LogP contribution in [0.3, 0.4) is 0 Å². The monoisotopic (exact) mass is 437 g/mol. The normalized spacial score (nSPS) is 32.4. The maximum Gasteiger partial charge on any atom is 0.246 e. The lowest BCUT2D eigenvalue weighted by molar-refractivity contribution is -0.133. The Balaban J connectivity index is 1.62. The third-order valence-corrected chi connectivity index (χ3v) is 5.64. The molecule has 0 aromatic heterocycles. The molecule has 0 bridgehead atoms. The minimum atomic E-state index is -1.12. The quantitative estimate of drug-likeness (QED) is 0.476. The van der Waals surface area contributed by atoms with Gasteiger partial charge in [0.15, 0.2) is 0 Å². The van der Waals surface area contributed by atoms with Crippen LogP contribution in [0.1, 0.15) is 32.1 Å². The smallest absolute Gasteiger partial charge is 0.246 e. The Morgan fingerprint density at radius 1 is 1.28 bits per heavy atom. The summed E-state index contributed by atoms with van der Waals surface area (Å²) in [6.45, 7) is 4.01. The molecule has 2 aliphatic rings. The van der Waals surface area contributed by atoms with Gasteiger partial charge in [-0.05, 0) is 19.3 Å². The van der Waals surface area contributed by atoms with Crippen LogP contribution < -0.4 is 16.0 Å². The number of halogens is 3. The molecule has 2 rings (SSSR count). The third-order valence-electron chi connectivity index (χ3n) is 5.15. The SMILES string of the molecule is C=C(CCNC(=O)COC1CCC(Cl)C(F)C1)NC(=O)C1CC(F)CNC1OC. The first-order valence-electron chi connectivity index (χ1n) is 9.85. The molecule has 0 spiro atoms. The van der Waals surface area contributed by atoms with Gasteiger partial charge in [0.25, 0.3) is 0 Å². The third kappa shape index (κ3) is 7.81. The highest BCUT2D eigenvalue weighted by Gasteiger charge is 2.35. The molecule has 0 aromatic rings. The van der Waals surface area contributed by atoms with E-state index in [9.17, 15) is 18.4 Å². The van der Waals surface area contributed by atoms with Crippen molar-refractivity contribution in [3.05, 3.63) is 12.3 Å². The van der Waals surface area contributed by atoms with Gasteiger partial charge in [0.05, 0.1) is 17.4 Å². The van der Waals surface area contributed by atoms with Crippen molar-refractivity contribution in [3.8, 4) is 0 Å². The van der Waals surface area contributed by atoms with Crippen LogP contribution >= 0.6 is 11.6 Å².